The van der Waals surface area contributed by atoms with Gasteiger partial charge in [-0.1, -0.05) is 29.8 Å². The van der Waals surface area contributed by atoms with E-state index in [1.54, 1.807) is 25.1 Å². The summed E-state index contributed by atoms with van der Waals surface area (Å²) in [5, 5.41) is 3.04. The summed E-state index contributed by atoms with van der Waals surface area (Å²) in [5.74, 6) is -0.593. The van der Waals surface area contributed by atoms with Crippen LogP contribution in [0.1, 0.15) is 36.4 Å². The third-order valence-corrected chi connectivity index (χ3v) is 8.09. The molecule has 6 nitrogen and oxygen atoms in total. The third kappa shape index (κ3) is 4.33. The Morgan fingerprint density at radius 1 is 1.16 bits per heavy atom. The highest BCUT2D eigenvalue weighted by molar-refractivity contribution is 9.10. The van der Waals surface area contributed by atoms with Crippen molar-refractivity contribution in [2.24, 2.45) is 11.8 Å². The van der Waals surface area contributed by atoms with E-state index in [9.17, 15) is 17.6 Å². The van der Waals surface area contributed by atoms with E-state index in [0.717, 1.165) is 6.42 Å². The number of rotatable bonds is 4. The number of nitrogens with one attached hydrogen (secondary N) is 1. The minimum atomic E-state index is -3.67. The fourth-order valence-corrected chi connectivity index (χ4v) is 6.34. The molecule has 1 saturated heterocycles. The maximum absolute atomic E-state index is 14.1. The normalized spacial score (nSPS) is 19.9. The van der Waals surface area contributed by atoms with E-state index in [1.165, 1.54) is 22.5 Å². The van der Waals surface area contributed by atoms with Crippen LogP contribution in [0.2, 0.25) is 0 Å². The molecule has 2 heterocycles. The molecule has 1 fully saturated rings. The number of anilines is 1. The largest absolute Gasteiger partial charge is 0.451 e. The molecule has 1 amide bonds. The van der Waals surface area contributed by atoms with Gasteiger partial charge in [0.1, 0.15) is 11.4 Å². The van der Waals surface area contributed by atoms with E-state index < -0.39 is 21.7 Å². The van der Waals surface area contributed by atoms with Crippen molar-refractivity contribution in [3.05, 3.63) is 58.0 Å². The van der Waals surface area contributed by atoms with Crippen molar-refractivity contribution < 1.29 is 22.0 Å². The number of amides is 1. The lowest BCUT2D eigenvalue weighted by molar-refractivity contribution is 0.0997. The van der Waals surface area contributed by atoms with E-state index in [0.29, 0.717) is 45.9 Å². The minimum Gasteiger partial charge on any atom is -0.451 e. The van der Waals surface area contributed by atoms with Gasteiger partial charge in [-0.25, -0.2) is 12.8 Å². The van der Waals surface area contributed by atoms with Crippen LogP contribution >= 0.6 is 15.9 Å². The zero-order chi connectivity index (χ0) is 23.2. The number of nitrogens with zero attached hydrogens (tertiary/aromatic N) is 1. The summed E-state index contributed by atoms with van der Waals surface area (Å²) >= 11 is 3.18. The number of furan rings is 1. The number of piperidine rings is 1. The first kappa shape index (κ1) is 22.9. The molecule has 1 aliphatic heterocycles. The predicted octanol–water partition coefficient (Wildman–Crippen LogP) is 5.56. The van der Waals surface area contributed by atoms with Gasteiger partial charge < -0.3 is 9.73 Å². The number of fused-ring (bicyclic) bond motifs is 1. The average Bonchev–Trinajstić information content (AvgIpc) is 3.05. The molecule has 0 unspecified atom stereocenters. The maximum atomic E-state index is 14.1. The Morgan fingerprint density at radius 3 is 2.50 bits per heavy atom. The fraction of sp³-hybridized carbons (Fsp3) is 0.348. The monoisotopic (exact) mass is 522 g/mol. The van der Waals surface area contributed by atoms with Crippen molar-refractivity contribution in [2.75, 3.05) is 18.4 Å². The molecule has 0 spiro atoms. The Labute approximate surface area is 195 Å². The Bertz CT molecular complexity index is 1290. The fourth-order valence-electron chi connectivity index (χ4n) is 4.30. The Kier molecular flexibility index (Phi) is 6.17. The summed E-state index contributed by atoms with van der Waals surface area (Å²) in [6, 6.07) is 8.92. The number of carbonyl (C=O) groups excluding carboxylic acids is 1. The smallest absolute Gasteiger partial charge is 0.291 e. The van der Waals surface area contributed by atoms with Gasteiger partial charge in [0.05, 0.1) is 10.6 Å². The van der Waals surface area contributed by atoms with Crippen molar-refractivity contribution >= 4 is 48.5 Å². The zero-order valence-corrected chi connectivity index (χ0v) is 20.4. The van der Waals surface area contributed by atoms with Gasteiger partial charge in [-0.3, -0.25) is 4.79 Å². The average molecular weight is 523 g/mol. The second-order valence-corrected chi connectivity index (χ2v) is 11.4. The van der Waals surface area contributed by atoms with Gasteiger partial charge in [0.2, 0.25) is 10.0 Å². The molecule has 0 bridgehead atoms. The summed E-state index contributed by atoms with van der Waals surface area (Å²) < 4.78 is 48.4. The maximum Gasteiger partial charge on any atom is 0.291 e. The van der Waals surface area contributed by atoms with Crippen LogP contribution in [-0.4, -0.2) is 31.7 Å². The van der Waals surface area contributed by atoms with Crippen LogP contribution in [0.25, 0.3) is 11.0 Å². The van der Waals surface area contributed by atoms with Crippen molar-refractivity contribution in [1.82, 2.24) is 4.31 Å². The predicted molar refractivity (Wildman–Crippen MR) is 125 cm³/mol. The second kappa shape index (κ2) is 8.61. The second-order valence-electron chi connectivity index (χ2n) is 8.56. The number of benzene rings is 2. The van der Waals surface area contributed by atoms with Crippen LogP contribution in [0.3, 0.4) is 0 Å². The molecule has 0 aliphatic carbocycles. The molecular weight excluding hydrogens is 499 g/mol. The van der Waals surface area contributed by atoms with E-state index in [1.807, 2.05) is 0 Å². The molecule has 1 aromatic heterocycles. The van der Waals surface area contributed by atoms with Gasteiger partial charge in [-0.05, 0) is 61.6 Å². The molecule has 0 saturated carbocycles. The number of aryl methyl sites for hydroxylation is 1. The lowest BCUT2D eigenvalue weighted by atomic mass is 9.94. The molecule has 2 aromatic carbocycles. The molecule has 32 heavy (non-hydrogen) atoms. The quantitative estimate of drug-likeness (QED) is 0.486. The molecule has 1 N–H and O–H groups in total. The first-order valence-corrected chi connectivity index (χ1v) is 12.6. The number of halogens is 2. The van der Waals surface area contributed by atoms with Gasteiger partial charge in [-0.15, -0.1) is 0 Å². The minimum absolute atomic E-state index is 0.0112. The van der Waals surface area contributed by atoms with Crippen LogP contribution in [0.15, 0.2) is 50.2 Å². The van der Waals surface area contributed by atoms with Crippen molar-refractivity contribution in [3.63, 3.8) is 0 Å². The third-order valence-electron chi connectivity index (χ3n) is 5.77. The van der Waals surface area contributed by atoms with Crippen LogP contribution < -0.4 is 5.32 Å². The number of hydrogen-bond donors (Lipinski definition) is 1. The molecule has 170 valence electrons. The Balaban J connectivity index is 1.66. The van der Waals surface area contributed by atoms with Gasteiger partial charge >= 0.3 is 0 Å². The number of hydrogen-bond acceptors (Lipinski definition) is 4. The summed E-state index contributed by atoms with van der Waals surface area (Å²) in [4.78, 5) is 12.9. The van der Waals surface area contributed by atoms with Gasteiger partial charge in [-0.2, -0.15) is 4.31 Å². The molecule has 4 rings (SSSR count). The van der Waals surface area contributed by atoms with Crippen molar-refractivity contribution in [1.29, 1.82) is 0 Å². The van der Waals surface area contributed by atoms with Crippen molar-refractivity contribution in [2.45, 2.75) is 32.1 Å². The van der Waals surface area contributed by atoms with E-state index in [4.69, 9.17) is 4.42 Å². The Hall–Kier alpha value is -2.23. The number of carbonyl (C=O) groups is 1. The van der Waals surface area contributed by atoms with Crippen LogP contribution in [0, 0.1) is 24.6 Å². The van der Waals surface area contributed by atoms with Gasteiger partial charge in [0, 0.05) is 28.5 Å². The molecule has 1 aliphatic rings. The topological polar surface area (TPSA) is 79.6 Å². The molecule has 3 aromatic rings. The molecule has 2 atom stereocenters. The lowest BCUT2D eigenvalue weighted by Gasteiger charge is -2.34. The van der Waals surface area contributed by atoms with E-state index in [-0.39, 0.29) is 16.3 Å². The summed E-state index contributed by atoms with van der Waals surface area (Å²) in [6.07, 6.45) is 1.00. The molecular formula is C23H24BrFN2O4S. The first-order chi connectivity index (χ1) is 15.1. The lowest BCUT2D eigenvalue weighted by Crippen LogP contribution is -2.42. The summed E-state index contributed by atoms with van der Waals surface area (Å²) in [7, 11) is -3.67. The van der Waals surface area contributed by atoms with Crippen molar-refractivity contribution in [3.8, 4) is 0 Å². The number of sulfonamides is 1. The van der Waals surface area contributed by atoms with Gasteiger partial charge in [0.25, 0.3) is 5.91 Å². The molecule has 9 heteroatoms. The highest BCUT2D eigenvalue weighted by Gasteiger charge is 2.32. The molecule has 0 radical (unpaired) electrons. The van der Waals surface area contributed by atoms with Gasteiger partial charge in [0.15, 0.2) is 5.76 Å². The van der Waals surface area contributed by atoms with Crippen LogP contribution in [0.5, 0.6) is 0 Å². The highest BCUT2D eigenvalue weighted by Crippen LogP contribution is 2.32. The summed E-state index contributed by atoms with van der Waals surface area (Å²) in [5.41, 5.74) is 0.908. The zero-order valence-electron chi connectivity index (χ0n) is 18.0. The first-order valence-electron chi connectivity index (χ1n) is 10.4. The van der Waals surface area contributed by atoms with Crippen LogP contribution in [-0.2, 0) is 10.0 Å². The highest BCUT2D eigenvalue weighted by atomic mass is 79.9. The summed E-state index contributed by atoms with van der Waals surface area (Å²) in [6.45, 7) is 6.77. The van der Waals surface area contributed by atoms with E-state index >= 15 is 0 Å². The van der Waals surface area contributed by atoms with Crippen LogP contribution in [0.4, 0.5) is 10.1 Å². The van der Waals surface area contributed by atoms with E-state index in [2.05, 4.69) is 35.1 Å². The standard InChI is InChI=1S/C23H24BrFN2O4S/c1-13-8-14(2)12-27(11-13)32(29,30)17-5-7-21-18(10-17)15(3)22(31-21)23(28)26-20-6-4-16(24)9-19(20)25/h4-7,9-10,13-14H,8,11-12H2,1-3H3,(H,26,28)/t13-,14+. The Morgan fingerprint density at radius 2 is 1.84 bits per heavy atom. The SMILES string of the molecule is Cc1c(C(=O)Nc2ccc(Br)cc2F)oc2ccc(S(=O)(=O)N3C[C@H](C)C[C@H](C)C3)cc12.